The summed E-state index contributed by atoms with van der Waals surface area (Å²) in [5, 5.41) is 8.78. The van der Waals surface area contributed by atoms with Gasteiger partial charge >= 0.3 is 5.97 Å². The lowest BCUT2D eigenvalue weighted by Gasteiger charge is -2.13. The van der Waals surface area contributed by atoms with Crippen molar-refractivity contribution >= 4 is 11.9 Å². The predicted molar refractivity (Wildman–Crippen MR) is 61.8 cm³/mol. The Bertz CT molecular complexity index is 383. The zero-order valence-electron chi connectivity index (χ0n) is 9.55. The second kappa shape index (κ2) is 5.89. The number of carbonyl (C=O) groups excluding carboxylic acids is 1. The highest BCUT2D eigenvalue weighted by Crippen LogP contribution is 2.25. The molecule has 0 aliphatic heterocycles. The molecule has 0 aromatic heterocycles. The molecule has 1 unspecified atom stereocenters. The molecule has 0 aliphatic carbocycles. The van der Waals surface area contributed by atoms with Gasteiger partial charge in [-0.05, 0) is 17.7 Å². The van der Waals surface area contributed by atoms with Crippen LogP contribution in [-0.4, -0.2) is 24.1 Å². The number of hydrogen-bond donors (Lipinski definition) is 2. The van der Waals surface area contributed by atoms with E-state index in [4.69, 9.17) is 15.6 Å². The quantitative estimate of drug-likeness (QED) is 0.776. The number of carboxylic acids is 1. The Hall–Kier alpha value is -2.04. The summed E-state index contributed by atoms with van der Waals surface area (Å²) in [7, 11) is 1.55. The zero-order valence-corrected chi connectivity index (χ0v) is 9.55. The van der Waals surface area contributed by atoms with Crippen LogP contribution in [0.4, 0.5) is 0 Å². The standard InChI is InChI=1S/C12H15NO4/c1-17-10-4-2-8(3-5-10)9(6-11(13)14)7-12(15)16/h2-5,9H,6-7H2,1H3,(H2,13,14)(H,15,16). The third-order valence-corrected chi connectivity index (χ3v) is 2.46. The molecular formula is C12H15NO4. The van der Waals surface area contributed by atoms with Crippen molar-refractivity contribution in [1.82, 2.24) is 0 Å². The van der Waals surface area contributed by atoms with E-state index in [0.29, 0.717) is 5.75 Å². The number of carboxylic acid groups (broad SMARTS) is 1. The van der Waals surface area contributed by atoms with Crippen LogP contribution >= 0.6 is 0 Å². The van der Waals surface area contributed by atoms with Gasteiger partial charge in [-0.3, -0.25) is 9.59 Å². The van der Waals surface area contributed by atoms with E-state index in [1.54, 1.807) is 31.4 Å². The molecule has 3 N–H and O–H groups in total. The molecule has 1 aromatic carbocycles. The molecule has 0 bridgehead atoms. The largest absolute Gasteiger partial charge is 0.497 e. The summed E-state index contributed by atoms with van der Waals surface area (Å²) in [6.45, 7) is 0. The molecule has 1 atom stereocenters. The summed E-state index contributed by atoms with van der Waals surface area (Å²) >= 11 is 0. The van der Waals surface area contributed by atoms with Crippen LogP contribution in [0.5, 0.6) is 5.75 Å². The van der Waals surface area contributed by atoms with Gasteiger partial charge in [-0.2, -0.15) is 0 Å². The number of carbonyl (C=O) groups is 2. The smallest absolute Gasteiger partial charge is 0.303 e. The minimum atomic E-state index is -0.952. The lowest BCUT2D eigenvalue weighted by Crippen LogP contribution is -2.17. The highest BCUT2D eigenvalue weighted by atomic mass is 16.5. The Morgan fingerprint density at radius 1 is 1.29 bits per heavy atom. The third kappa shape index (κ3) is 4.14. The van der Waals surface area contributed by atoms with Gasteiger partial charge in [0.25, 0.3) is 0 Å². The van der Waals surface area contributed by atoms with E-state index in [-0.39, 0.29) is 12.8 Å². The van der Waals surface area contributed by atoms with Gasteiger partial charge in [0.1, 0.15) is 5.75 Å². The first-order valence-electron chi connectivity index (χ1n) is 5.17. The maximum atomic E-state index is 10.9. The van der Waals surface area contributed by atoms with Crippen LogP contribution in [0.15, 0.2) is 24.3 Å². The van der Waals surface area contributed by atoms with Crippen molar-refractivity contribution in [1.29, 1.82) is 0 Å². The predicted octanol–water partition coefficient (Wildman–Crippen LogP) is 1.13. The number of aliphatic carboxylic acids is 1. The number of rotatable bonds is 6. The highest BCUT2D eigenvalue weighted by Gasteiger charge is 2.17. The van der Waals surface area contributed by atoms with Crippen molar-refractivity contribution in [3.8, 4) is 5.75 Å². The van der Waals surface area contributed by atoms with Crippen LogP contribution < -0.4 is 10.5 Å². The van der Waals surface area contributed by atoms with Crippen LogP contribution in [0.2, 0.25) is 0 Å². The van der Waals surface area contributed by atoms with E-state index >= 15 is 0 Å². The van der Waals surface area contributed by atoms with Crippen molar-refractivity contribution in [2.24, 2.45) is 5.73 Å². The van der Waals surface area contributed by atoms with E-state index in [1.807, 2.05) is 0 Å². The molecule has 0 radical (unpaired) electrons. The third-order valence-electron chi connectivity index (χ3n) is 2.46. The van der Waals surface area contributed by atoms with Crippen LogP contribution in [0, 0.1) is 0 Å². The Kier molecular flexibility index (Phi) is 4.51. The molecule has 1 rings (SSSR count). The number of benzene rings is 1. The van der Waals surface area contributed by atoms with E-state index in [2.05, 4.69) is 0 Å². The SMILES string of the molecule is COc1ccc(C(CC(N)=O)CC(=O)O)cc1. The van der Waals surface area contributed by atoms with Crippen molar-refractivity contribution in [2.45, 2.75) is 18.8 Å². The molecule has 1 aromatic rings. The van der Waals surface area contributed by atoms with Crippen molar-refractivity contribution in [3.63, 3.8) is 0 Å². The van der Waals surface area contributed by atoms with E-state index in [9.17, 15) is 9.59 Å². The van der Waals surface area contributed by atoms with Crippen LogP contribution in [0.1, 0.15) is 24.3 Å². The first-order chi connectivity index (χ1) is 8.02. The summed E-state index contributed by atoms with van der Waals surface area (Å²) in [6.07, 6.45) is -0.0894. The highest BCUT2D eigenvalue weighted by molar-refractivity contribution is 5.76. The van der Waals surface area contributed by atoms with Crippen LogP contribution in [0.25, 0.3) is 0 Å². The van der Waals surface area contributed by atoms with E-state index in [1.165, 1.54) is 0 Å². The molecule has 5 nitrogen and oxygen atoms in total. The Labute approximate surface area is 99.2 Å². The zero-order chi connectivity index (χ0) is 12.8. The molecule has 92 valence electrons. The number of methoxy groups -OCH3 is 1. The van der Waals surface area contributed by atoms with E-state index < -0.39 is 17.8 Å². The second-order valence-corrected chi connectivity index (χ2v) is 3.74. The Morgan fingerprint density at radius 3 is 2.29 bits per heavy atom. The molecule has 5 heteroatoms. The first-order valence-corrected chi connectivity index (χ1v) is 5.17. The second-order valence-electron chi connectivity index (χ2n) is 3.74. The minimum absolute atomic E-state index is 0.0264. The van der Waals surface area contributed by atoms with Crippen molar-refractivity contribution in [3.05, 3.63) is 29.8 Å². The van der Waals surface area contributed by atoms with Gasteiger partial charge in [0.15, 0.2) is 0 Å². The monoisotopic (exact) mass is 237 g/mol. The number of primary amides is 1. The molecule has 0 spiro atoms. The van der Waals surface area contributed by atoms with Gasteiger partial charge in [0, 0.05) is 12.3 Å². The average molecular weight is 237 g/mol. The summed E-state index contributed by atoms with van der Waals surface area (Å²) in [6, 6.07) is 6.95. The fourth-order valence-corrected chi connectivity index (χ4v) is 1.64. The van der Waals surface area contributed by atoms with Gasteiger partial charge in [0.05, 0.1) is 13.5 Å². The Morgan fingerprint density at radius 2 is 1.88 bits per heavy atom. The van der Waals surface area contributed by atoms with E-state index in [0.717, 1.165) is 5.56 Å². The number of hydrogen-bond acceptors (Lipinski definition) is 3. The van der Waals surface area contributed by atoms with Crippen molar-refractivity contribution in [2.75, 3.05) is 7.11 Å². The summed E-state index contributed by atoms with van der Waals surface area (Å²) in [5.74, 6) is -1.17. The Balaban J connectivity index is 2.86. The van der Waals surface area contributed by atoms with Gasteiger partial charge < -0.3 is 15.6 Å². The maximum Gasteiger partial charge on any atom is 0.303 e. The molecular weight excluding hydrogens is 222 g/mol. The average Bonchev–Trinajstić information content (AvgIpc) is 2.27. The normalized spacial score (nSPS) is 11.8. The van der Waals surface area contributed by atoms with Gasteiger partial charge in [-0.25, -0.2) is 0 Å². The fraction of sp³-hybridized carbons (Fsp3) is 0.333. The van der Waals surface area contributed by atoms with Gasteiger partial charge in [0.2, 0.25) is 5.91 Å². The summed E-state index contributed by atoms with van der Waals surface area (Å²) in [5.41, 5.74) is 5.88. The lowest BCUT2D eigenvalue weighted by molar-refractivity contribution is -0.137. The molecule has 0 fully saturated rings. The molecule has 1 amide bonds. The summed E-state index contributed by atoms with van der Waals surface area (Å²) in [4.78, 5) is 21.6. The topological polar surface area (TPSA) is 89.6 Å². The molecule has 0 saturated carbocycles. The molecule has 0 aliphatic rings. The fourth-order valence-electron chi connectivity index (χ4n) is 1.64. The molecule has 17 heavy (non-hydrogen) atoms. The van der Waals surface area contributed by atoms with Crippen LogP contribution in [0.3, 0.4) is 0 Å². The number of ether oxygens (including phenoxy) is 1. The lowest BCUT2D eigenvalue weighted by atomic mass is 9.92. The number of nitrogens with two attached hydrogens (primary N) is 1. The molecule has 0 heterocycles. The summed E-state index contributed by atoms with van der Waals surface area (Å²) < 4.78 is 5.00. The first kappa shape index (κ1) is 13.0. The molecule has 0 saturated heterocycles. The van der Waals surface area contributed by atoms with Gasteiger partial charge in [-0.15, -0.1) is 0 Å². The van der Waals surface area contributed by atoms with Crippen LogP contribution in [-0.2, 0) is 9.59 Å². The maximum absolute atomic E-state index is 10.9. The minimum Gasteiger partial charge on any atom is -0.497 e. The van der Waals surface area contributed by atoms with Gasteiger partial charge in [-0.1, -0.05) is 12.1 Å². The van der Waals surface area contributed by atoms with Crippen molar-refractivity contribution < 1.29 is 19.4 Å². The number of amides is 1.